The maximum Gasteiger partial charge on any atom is 0.336 e. The zero-order valence-corrected chi connectivity index (χ0v) is 12.0. The number of hydrogen-bond acceptors (Lipinski definition) is 5. The summed E-state index contributed by atoms with van der Waals surface area (Å²) in [7, 11) is -3.63. The van der Waals surface area contributed by atoms with Crippen LogP contribution in [0.25, 0.3) is 0 Å². The van der Waals surface area contributed by atoms with Crippen LogP contribution >= 0.6 is 11.3 Å². The van der Waals surface area contributed by atoms with Crippen LogP contribution in [0.3, 0.4) is 0 Å². The largest absolute Gasteiger partial charge is 0.478 e. The number of morpholine rings is 1. The third-order valence-corrected chi connectivity index (χ3v) is 6.40. The average Bonchev–Trinajstić information content (AvgIpc) is 2.89. The number of carboxylic acid groups (broad SMARTS) is 1. The van der Waals surface area contributed by atoms with Gasteiger partial charge in [0.15, 0.2) is 0 Å². The topological polar surface area (TPSA) is 83.9 Å². The number of carboxylic acids is 1. The molecule has 106 valence electrons. The molecule has 1 saturated heterocycles. The monoisotopic (exact) mass is 305 g/mol. The standard InChI is InChI=1S/C11H15NO5S2/c1-2-9-6-17-4-3-12(9)19(15,16)10-5-8(7-18-10)11(13)14/h5,7,9H,2-4,6H2,1H3,(H,13,14). The highest BCUT2D eigenvalue weighted by Gasteiger charge is 2.34. The molecule has 1 N–H and O–H groups in total. The molecule has 1 aromatic rings. The van der Waals surface area contributed by atoms with Crippen molar-refractivity contribution in [2.24, 2.45) is 0 Å². The van der Waals surface area contributed by atoms with Gasteiger partial charge in [-0.25, -0.2) is 13.2 Å². The van der Waals surface area contributed by atoms with Gasteiger partial charge in [-0.1, -0.05) is 6.92 Å². The second kappa shape index (κ2) is 5.58. The lowest BCUT2D eigenvalue weighted by atomic mass is 10.2. The Kier molecular flexibility index (Phi) is 4.24. The highest BCUT2D eigenvalue weighted by Crippen LogP contribution is 2.27. The molecule has 2 rings (SSSR count). The molecule has 1 aromatic heterocycles. The average molecular weight is 305 g/mol. The molecule has 0 spiro atoms. The van der Waals surface area contributed by atoms with Crippen molar-refractivity contribution in [3.05, 3.63) is 17.0 Å². The maximum atomic E-state index is 12.5. The number of rotatable bonds is 4. The van der Waals surface area contributed by atoms with Crippen molar-refractivity contribution in [2.45, 2.75) is 23.6 Å². The molecule has 8 heteroatoms. The summed E-state index contributed by atoms with van der Waals surface area (Å²) >= 11 is 0.940. The molecule has 2 heterocycles. The van der Waals surface area contributed by atoms with Crippen LogP contribution in [-0.2, 0) is 14.8 Å². The van der Waals surface area contributed by atoms with E-state index in [1.54, 1.807) is 0 Å². The number of hydrogen-bond donors (Lipinski definition) is 1. The molecule has 0 aromatic carbocycles. The van der Waals surface area contributed by atoms with Gasteiger partial charge >= 0.3 is 5.97 Å². The van der Waals surface area contributed by atoms with Crippen LogP contribution in [0.2, 0.25) is 0 Å². The number of ether oxygens (including phenoxy) is 1. The first kappa shape index (κ1) is 14.4. The molecule has 0 bridgehead atoms. The summed E-state index contributed by atoms with van der Waals surface area (Å²) in [5.41, 5.74) is 0.00452. The molecule has 19 heavy (non-hydrogen) atoms. The third kappa shape index (κ3) is 2.81. The van der Waals surface area contributed by atoms with Crippen molar-refractivity contribution in [1.29, 1.82) is 0 Å². The fourth-order valence-electron chi connectivity index (χ4n) is 1.96. The lowest BCUT2D eigenvalue weighted by Crippen LogP contribution is -2.48. The summed E-state index contributed by atoms with van der Waals surface area (Å²) in [6.07, 6.45) is 0.663. The van der Waals surface area contributed by atoms with Crippen molar-refractivity contribution in [1.82, 2.24) is 4.31 Å². The van der Waals surface area contributed by atoms with Crippen molar-refractivity contribution in [2.75, 3.05) is 19.8 Å². The van der Waals surface area contributed by atoms with Gasteiger partial charge in [0.1, 0.15) is 4.21 Å². The number of sulfonamides is 1. The Labute approximate surface area is 115 Å². The van der Waals surface area contributed by atoms with Crippen molar-refractivity contribution < 1.29 is 23.1 Å². The van der Waals surface area contributed by atoms with Crippen LogP contribution < -0.4 is 0 Å². The van der Waals surface area contributed by atoms with E-state index in [2.05, 4.69) is 0 Å². The van der Waals surface area contributed by atoms with E-state index in [1.807, 2.05) is 6.92 Å². The van der Waals surface area contributed by atoms with Crippen molar-refractivity contribution in [3.63, 3.8) is 0 Å². The minimum Gasteiger partial charge on any atom is -0.478 e. The van der Waals surface area contributed by atoms with Gasteiger partial charge in [-0.3, -0.25) is 0 Å². The van der Waals surface area contributed by atoms with E-state index >= 15 is 0 Å². The Morgan fingerprint density at radius 1 is 1.63 bits per heavy atom. The van der Waals surface area contributed by atoms with E-state index in [1.165, 1.54) is 15.8 Å². The molecule has 1 atom stereocenters. The molecule has 1 unspecified atom stereocenters. The van der Waals surface area contributed by atoms with Crippen LogP contribution in [0.1, 0.15) is 23.7 Å². The normalized spacial score (nSPS) is 21.4. The number of thiophene rings is 1. The van der Waals surface area contributed by atoms with Crippen molar-refractivity contribution in [3.8, 4) is 0 Å². The summed E-state index contributed by atoms with van der Waals surface area (Å²) in [6.45, 7) is 2.96. The highest BCUT2D eigenvalue weighted by molar-refractivity contribution is 7.91. The molecule has 1 aliphatic rings. The smallest absolute Gasteiger partial charge is 0.336 e. The molecule has 0 amide bonds. The van der Waals surface area contributed by atoms with Gasteiger partial charge in [0, 0.05) is 18.0 Å². The number of carbonyl (C=O) groups is 1. The molecule has 0 aliphatic carbocycles. The molecule has 1 aliphatic heterocycles. The molecule has 0 radical (unpaired) electrons. The summed E-state index contributed by atoms with van der Waals surface area (Å²) in [6, 6.07) is 1.03. The summed E-state index contributed by atoms with van der Waals surface area (Å²) in [5.74, 6) is -1.12. The quantitative estimate of drug-likeness (QED) is 0.905. The van der Waals surface area contributed by atoms with E-state index < -0.39 is 16.0 Å². The predicted octanol–water partition coefficient (Wildman–Crippen LogP) is 1.25. The minimum atomic E-state index is -3.63. The summed E-state index contributed by atoms with van der Waals surface area (Å²) in [5, 5.41) is 10.2. The third-order valence-electron chi connectivity index (χ3n) is 3.03. The molecule has 1 fully saturated rings. The van der Waals surface area contributed by atoms with E-state index in [4.69, 9.17) is 9.84 Å². The van der Waals surface area contributed by atoms with E-state index in [-0.39, 0.29) is 15.8 Å². The zero-order chi connectivity index (χ0) is 14.0. The first-order valence-corrected chi connectivity index (χ1v) is 8.20. The number of aromatic carboxylic acids is 1. The van der Waals surface area contributed by atoms with Crippen LogP contribution in [0.5, 0.6) is 0 Å². The van der Waals surface area contributed by atoms with Crippen LogP contribution in [0.4, 0.5) is 0 Å². The summed E-state index contributed by atoms with van der Waals surface area (Å²) in [4.78, 5) is 10.8. The van der Waals surface area contributed by atoms with Gasteiger partial charge in [0.25, 0.3) is 10.0 Å². The predicted molar refractivity (Wildman–Crippen MR) is 70.1 cm³/mol. The van der Waals surface area contributed by atoms with Gasteiger partial charge < -0.3 is 9.84 Å². The highest BCUT2D eigenvalue weighted by atomic mass is 32.2. The molecular weight excluding hydrogens is 290 g/mol. The maximum absolute atomic E-state index is 12.5. The Morgan fingerprint density at radius 3 is 2.95 bits per heavy atom. The SMILES string of the molecule is CCC1COCCN1S(=O)(=O)c1cc(C(=O)O)cs1. The summed E-state index contributed by atoms with van der Waals surface area (Å²) < 4.78 is 31.7. The van der Waals surface area contributed by atoms with Crippen LogP contribution in [-0.4, -0.2) is 49.6 Å². The van der Waals surface area contributed by atoms with Crippen LogP contribution in [0, 0.1) is 0 Å². The lowest BCUT2D eigenvalue weighted by molar-refractivity contribution is 0.0315. The fourth-order valence-corrected chi connectivity index (χ4v) is 4.91. The van der Waals surface area contributed by atoms with Gasteiger partial charge in [-0.05, 0) is 12.5 Å². The van der Waals surface area contributed by atoms with Crippen LogP contribution in [0.15, 0.2) is 15.7 Å². The van der Waals surface area contributed by atoms with Gasteiger partial charge in [0.2, 0.25) is 0 Å². The molecule has 6 nitrogen and oxygen atoms in total. The van der Waals surface area contributed by atoms with Gasteiger partial charge in [-0.15, -0.1) is 11.3 Å². The second-order valence-electron chi connectivity index (χ2n) is 4.21. The Morgan fingerprint density at radius 2 is 2.37 bits per heavy atom. The second-order valence-corrected chi connectivity index (χ2v) is 7.24. The Bertz CT molecular complexity index is 565. The first-order chi connectivity index (χ1) is 8.96. The lowest BCUT2D eigenvalue weighted by Gasteiger charge is -2.33. The molecular formula is C11H15NO5S2. The van der Waals surface area contributed by atoms with E-state index in [0.29, 0.717) is 26.2 Å². The minimum absolute atomic E-state index is 0.00452. The number of nitrogens with zero attached hydrogens (tertiary/aromatic N) is 1. The Balaban J connectivity index is 2.32. The Hall–Kier alpha value is -0.960. The van der Waals surface area contributed by atoms with Gasteiger partial charge in [-0.2, -0.15) is 4.31 Å². The van der Waals surface area contributed by atoms with Crippen molar-refractivity contribution >= 4 is 27.3 Å². The van der Waals surface area contributed by atoms with E-state index in [0.717, 1.165) is 11.3 Å². The van der Waals surface area contributed by atoms with E-state index in [9.17, 15) is 13.2 Å². The van der Waals surface area contributed by atoms with Gasteiger partial charge in [0.05, 0.1) is 18.8 Å². The zero-order valence-electron chi connectivity index (χ0n) is 10.4. The first-order valence-electron chi connectivity index (χ1n) is 5.88. The molecule has 0 saturated carbocycles. The fraction of sp³-hybridized carbons (Fsp3) is 0.545.